The Morgan fingerprint density at radius 3 is 2.57 bits per heavy atom. The second-order valence-electron chi connectivity index (χ2n) is 6.13. The van der Waals surface area contributed by atoms with Crippen molar-refractivity contribution >= 4 is 0 Å². The third-order valence-electron chi connectivity index (χ3n) is 3.54. The molecular weight excluding hydrogens is 260 g/mol. The van der Waals surface area contributed by atoms with Crippen LogP contribution in [0.4, 0.5) is 0 Å². The Bertz CT molecular complexity index is 379. The van der Waals surface area contributed by atoms with Gasteiger partial charge in [0.25, 0.3) is 0 Å². The Morgan fingerprint density at radius 2 is 1.86 bits per heavy atom. The molecule has 1 aromatic rings. The maximum absolute atomic E-state index is 5.91. The van der Waals surface area contributed by atoms with E-state index in [4.69, 9.17) is 4.74 Å². The Hall–Kier alpha value is -0.930. The smallest absolute Gasteiger partial charge is 0.0891 e. The highest BCUT2D eigenvalue weighted by atomic mass is 16.5. The molecule has 0 aliphatic carbocycles. The number of rotatable bonds is 11. The van der Waals surface area contributed by atoms with Crippen molar-refractivity contribution in [3.05, 3.63) is 29.6 Å². The molecule has 1 rings (SSSR count). The zero-order chi connectivity index (χ0) is 15.5. The van der Waals surface area contributed by atoms with E-state index in [1.807, 2.05) is 6.07 Å². The van der Waals surface area contributed by atoms with Gasteiger partial charge in [0.2, 0.25) is 0 Å². The monoisotopic (exact) mass is 292 g/mol. The first kappa shape index (κ1) is 18.1. The van der Waals surface area contributed by atoms with Crippen LogP contribution < -0.4 is 5.32 Å². The van der Waals surface area contributed by atoms with E-state index in [0.717, 1.165) is 24.4 Å². The summed E-state index contributed by atoms with van der Waals surface area (Å²) >= 11 is 0. The topological polar surface area (TPSA) is 34.1 Å². The second-order valence-corrected chi connectivity index (χ2v) is 6.13. The summed E-state index contributed by atoms with van der Waals surface area (Å²) in [5.41, 5.74) is 2.11. The summed E-state index contributed by atoms with van der Waals surface area (Å²) in [6.07, 6.45) is 6.67. The van der Waals surface area contributed by atoms with Crippen LogP contribution in [-0.4, -0.2) is 17.1 Å². The van der Waals surface area contributed by atoms with E-state index in [0.29, 0.717) is 18.8 Å². The van der Waals surface area contributed by atoms with Crippen LogP contribution in [0.15, 0.2) is 18.2 Å². The van der Waals surface area contributed by atoms with E-state index in [1.54, 1.807) is 0 Å². The molecule has 0 aromatic carbocycles. The van der Waals surface area contributed by atoms with E-state index in [9.17, 15) is 0 Å². The third-order valence-corrected chi connectivity index (χ3v) is 3.54. The molecule has 0 radical (unpaired) electrons. The Labute approximate surface area is 130 Å². The molecule has 1 heterocycles. The van der Waals surface area contributed by atoms with Gasteiger partial charge < -0.3 is 10.1 Å². The minimum atomic E-state index is 0.320. The molecule has 0 aliphatic heterocycles. The van der Waals surface area contributed by atoms with Gasteiger partial charge >= 0.3 is 0 Å². The number of unbranched alkanes of at least 4 members (excludes halogenated alkanes) is 3. The van der Waals surface area contributed by atoms with Crippen LogP contribution in [0.5, 0.6) is 0 Å². The van der Waals surface area contributed by atoms with Gasteiger partial charge in [-0.05, 0) is 25.5 Å². The largest absolute Gasteiger partial charge is 0.372 e. The van der Waals surface area contributed by atoms with Crippen molar-refractivity contribution in [3.8, 4) is 0 Å². The maximum Gasteiger partial charge on any atom is 0.0891 e. The predicted molar refractivity (Wildman–Crippen MR) is 89.2 cm³/mol. The quantitative estimate of drug-likeness (QED) is 0.612. The van der Waals surface area contributed by atoms with Crippen molar-refractivity contribution < 1.29 is 4.74 Å². The van der Waals surface area contributed by atoms with Crippen LogP contribution in [0, 0.1) is 0 Å². The first-order valence-corrected chi connectivity index (χ1v) is 8.41. The molecule has 0 aliphatic rings. The van der Waals surface area contributed by atoms with E-state index < -0.39 is 0 Å². The van der Waals surface area contributed by atoms with Gasteiger partial charge in [-0.2, -0.15) is 0 Å². The fourth-order valence-corrected chi connectivity index (χ4v) is 2.19. The molecule has 1 atom stereocenters. The molecule has 0 saturated carbocycles. The van der Waals surface area contributed by atoms with Crippen LogP contribution in [0.2, 0.25) is 0 Å². The SMILES string of the molecule is CCCCCCC(C)OCc1cccc(CNC(C)C)n1. The summed E-state index contributed by atoms with van der Waals surface area (Å²) in [7, 11) is 0. The van der Waals surface area contributed by atoms with Crippen molar-refractivity contribution in [3.63, 3.8) is 0 Å². The van der Waals surface area contributed by atoms with Crippen LogP contribution in [0.1, 0.15) is 71.2 Å². The molecule has 120 valence electrons. The first-order chi connectivity index (χ1) is 10.1. The van der Waals surface area contributed by atoms with Gasteiger partial charge in [-0.25, -0.2) is 0 Å². The van der Waals surface area contributed by atoms with E-state index in [1.165, 1.54) is 25.7 Å². The average molecular weight is 292 g/mol. The lowest BCUT2D eigenvalue weighted by Crippen LogP contribution is -2.22. The fourth-order valence-electron chi connectivity index (χ4n) is 2.19. The molecular formula is C18H32N2O. The van der Waals surface area contributed by atoms with Gasteiger partial charge in [0, 0.05) is 12.6 Å². The number of aromatic nitrogens is 1. The number of hydrogen-bond acceptors (Lipinski definition) is 3. The van der Waals surface area contributed by atoms with Crippen LogP contribution in [0.25, 0.3) is 0 Å². The van der Waals surface area contributed by atoms with Crippen molar-refractivity contribution in [2.75, 3.05) is 0 Å². The summed E-state index contributed by atoms with van der Waals surface area (Å²) in [5.74, 6) is 0. The summed E-state index contributed by atoms with van der Waals surface area (Å²) in [6, 6.07) is 6.65. The normalized spacial score (nSPS) is 12.8. The molecule has 0 amide bonds. The fraction of sp³-hybridized carbons (Fsp3) is 0.722. The number of nitrogens with one attached hydrogen (secondary N) is 1. The zero-order valence-corrected chi connectivity index (χ0v) is 14.2. The van der Waals surface area contributed by atoms with E-state index in [2.05, 4.69) is 50.1 Å². The molecule has 1 N–H and O–H groups in total. The van der Waals surface area contributed by atoms with Crippen molar-refractivity contribution in [2.45, 2.75) is 85.1 Å². The van der Waals surface area contributed by atoms with Gasteiger partial charge in [-0.3, -0.25) is 4.98 Å². The molecule has 0 saturated heterocycles. The molecule has 1 aromatic heterocycles. The molecule has 1 unspecified atom stereocenters. The standard InChI is InChI=1S/C18H32N2O/c1-5-6-7-8-10-16(4)21-14-18-12-9-11-17(20-18)13-19-15(2)3/h9,11-12,15-16,19H,5-8,10,13-14H2,1-4H3. The molecule has 21 heavy (non-hydrogen) atoms. The number of hydrogen-bond donors (Lipinski definition) is 1. The Balaban J connectivity index is 2.29. The van der Waals surface area contributed by atoms with Crippen molar-refractivity contribution in [2.24, 2.45) is 0 Å². The summed E-state index contributed by atoms with van der Waals surface area (Å²) < 4.78 is 5.91. The Kier molecular flexibility index (Phi) is 9.27. The highest BCUT2D eigenvalue weighted by molar-refractivity contribution is 5.10. The first-order valence-electron chi connectivity index (χ1n) is 8.41. The predicted octanol–water partition coefficient (Wildman–Crippen LogP) is 4.46. The van der Waals surface area contributed by atoms with Crippen molar-refractivity contribution in [1.29, 1.82) is 0 Å². The number of nitrogens with zero attached hydrogens (tertiary/aromatic N) is 1. The lowest BCUT2D eigenvalue weighted by Gasteiger charge is -2.13. The van der Waals surface area contributed by atoms with Gasteiger partial charge in [0.15, 0.2) is 0 Å². The molecule has 0 fully saturated rings. The van der Waals surface area contributed by atoms with Gasteiger partial charge in [0.1, 0.15) is 0 Å². The summed E-state index contributed by atoms with van der Waals surface area (Å²) in [6.45, 7) is 10.1. The summed E-state index contributed by atoms with van der Waals surface area (Å²) in [4.78, 5) is 4.64. The zero-order valence-electron chi connectivity index (χ0n) is 14.2. The lowest BCUT2D eigenvalue weighted by molar-refractivity contribution is 0.0439. The molecule has 3 nitrogen and oxygen atoms in total. The molecule has 3 heteroatoms. The Morgan fingerprint density at radius 1 is 1.10 bits per heavy atom. The van der Waals surface area contributed by atoms with Crippen LogP contribution in [0.3, 0.4) is 0 Å². The molecule has 0 spiro atoms. The van der Waals surface area contributed by atoms with E-state index >= 15 is 0 Å². The second kappa shape index (κ2) is 10.7. The highest BCUT2D eigenvalue weighted by Crippen LogP contribution is 2.10. The molecule has 0 bridgehead atoms. The summed E-state index contributed by atoms with van der Waals surface area (Å²) in [5, 5.41) is 3.39. The lowest BCUT2D eigenvalue weighted by atomic mass is 10.1. The average Bonchev–Trinajstić information content (AvgIpc) is 2.48. The van der Waals surface area contributed by atoms with Crippen LogP contribution in [-0.2, 0) is 17.9 Å². The third kappa shape index (κ3) is 8.84. The van der Waals surface area contributed by atoms with Gasteiger partial charge in [0.05, 0.1) is 24.1 Å². The number of ether oxygens (including phenoxy) is 1. The minimum Gasteiger partial charge on any atom is -0.372 e. The number of pyridine rings is 1. The van der Waals surface area contributed by atoms with Crippen molar-refractivity contribution in [1.82, 2.24) is 10.3 Å². The van der Waals surface area contributed by atoms with Gasteiger partial charge in [-0.1, -0.05) is 52.5 Å². The van der Waals surface area contributed by atoms with Gasteiger partial charge in [-0.15, -0.1) is 0 Å². The minimum absolute atomic E-state index is 0.320. The van der Waals surface area contributed by atoms with Crippen LogP contribution >= 0.6 is 0 Å². The maximum atomic E-state index is 5.91. The van der Waals surface area contributed by atoms with E-state index in [-0.39, 0.29) is 0 Å². The highest BCUT2D eigenvalue weighted by Gasteiger charge is 2.04.